The van der Waals surface area contributed by atoms with Crippen molar-refractivity contribution < 1.29 is 14.6 Å². The number of piperazine rings is 1. The van der Waals surface area contributed by atoms with Crippen molar-refractivity contribution in [3.63, 3.8) is 0 Å². The Balaban J connectivity index is 2.50. The summed E-state index contributed by atoms with van der Waals surface area (Å²) in [6, 6.07) is -0.0683. The molecule has 1 aliphatic heterocycles. The largest absolute Gasteiger partial charge is 0.444 e. The number of hydrogen-bond donors (Lipinski definition) is 2. The first-order valence-corrected chi connectivity index (χ1v) is 5.69. The van der Waals surface area contributed by atoms with Gasteiger partial charge in [-0.15, -0.1) is 0 Å². The number of rotatable bonds is 1. The molecule has 0 bridgehead atoms. The second kappa shape index (κ2) is 5.01. The van der Waals surface area contributed by atoms with Gasteiger partial charge in [-0.3, -0.25) is 0 Å². The van der Waals surface area contributed by atoms with Crippen molar-refractivity contribution in [2.24, 2.45) is 0 Å². The number of aliphatic hydroxyl groups is 1. The van der Waals surface area contributed by atoms with Crippen LogP contribution in [-0.2, 0) is 4.74 Å². The molecule has 5 nitrogen and oxygen atoms in total. The lowest BCUT2D eigenvalue weighted by Crippen LogP contribution is -2.57. The third-order valence-corrected chi connectivity index (χ3v) is 2.44. The van der Waals surface area contributed by atoms with Gasteiger partial charge in [-0.25, -0.2) is 4.79 Å². The van der Waals surface area contributed by atoms with E-state index in [1.165, 1.54) is 0 Å². The van der Waals surface area contributed by atoms with Crippen LogP contribution < -0.4 is 5.32 Å². The third-order valence-electron chi connectivity index (χ3n) is 2.44. The van der Waals surface area contributed by atoms with Crippen LogP contribution in [0.2, 0.25) is 0 Å². The van der Waals surface area contributed by atoms with Crippen molar-refractivity contribution in [3.05, 3.63) is 0 Å². The maximum atomic E-state index is 11.8. The molecule has 0 aromatic carbocycles. The summed E-state index contributed by atoms with van der Waals surface area (Å²) in [5.41, 5.74) is -0.470. The predicted molar refractivity (Wildman–Crippen MR) is 61.3 cm³/mol. The monoisotopic (exact) mass is 230 g/mol. The number of carbonyl (C=O) groups is 1. The minimum atomic E-state index is -0.470. The van der Waals surface area contributed by atoms with Crippen molar-refractivity contribution in [1.29, 1.82) is 0 Å². The first-order valence-electron chi connectivity index (χ1n) is 5.69. The second-order valence-electron chi connectivity index (χ2n) is 5.23. The van der Waals surface area contributed by atoms with Crippen LogP contribution in [0.4, 0.5) is 4.79 Å². The Morgan fingerprint density at radius 3 is 2.69 bits per heavy atom. The van der Waals surface area contributed by atoms with Gasteiger partial charge in [0.1, 0.15) is 5.60 Å². The minimum Gasteiger partial charge on any atom is -0.444 e. The van der Waals surface area contributed by atoms with Crippen molar-refractivity contribution in [2.75, 3.05) is 19.6 Å². The topological polar surface area (TPSA) is 61.8 Å². The van der Waals surface area contributed by atoms with Crippen molar-refractivity contribution >= 4 is 6.09 Å². The molecule has 5 heteroatoms. The number of nitrogens with zero attached hydrogens (tertiary/aromatic N) is 1. The molecule has 1 aliphatic rings. The molecule has 1 saturated heterocycles. The highest BCUT2D eigenvalue weighted by Gasteiger charge is 2.28. The molecular formula is C11H22N2O3. The Morgan fingerprint density at radius 2 is 2.19 bits per heavy atom. The van der Waals surface area contributed by atoms with E-state index in [0.717, 1.165) is 0 Å². The summed E-state index contributed by atoms with van der Waals surface area (Å²) < 4.78 is 5.28. The fraction of sp³-hybridized carbons (Fsp3) is 0.909. The number of carbonyl (C=O) groups excluding carboxylic acids is 1. The van der Waals surface area contributed by atoms with Gasteiger partial charge in [0.15, 0.2) is 0 Å². The van der Waals surface area contributed by atoms with Crippen molar-refractivity contribution in [3.8, 4) is 0 Å². The molecule has 2 N–H and O–H groups in total. The van der Waals surface area contributed by atoms with Gasteiger partial charge in [0.2, 0.25) is 0 Å². The molecular weight excluding hydrogens is 208 g/mol. The van der Waals surface area contributed by atoms with E-state index in [1.54, 1.807) is 11.8 Å². The molecule has 0 aromatic heterocycles. The lowest BCUT2D eigenvalue weighted by atomic mass is 10.1. The number of aliphatic hydroxyl groups excluding tert-OH is 1. The van der Waals surface area contributed by atoms with Gasteiger partial charge in [0.05, 0.1) is 12.1 Å². The second-order valence-corrected chi connectivity index (χ2v) is 5.23. The zero-order valence-electron chi connectivity index (χ0n) is 10.5. The summed E-state index contributed by atoms with van der Waals surface area (Å²) in [4.78, 5) is 13.4. The molecule has 0 aromatic rings. The fourth-order valence-electron chi connectivity index (χ4n) is 1.59. The van der Waals surface area contributed by atoms with Gasteiger partial charge >= 0.3 is 6.09 Å². The van der Waals surface area contributed by atoms with Crippen LogP contribution in [0, 0.1) is 0 Å². The van der Waals surface area contributed by atoms with Crippen LogP contribution >= 0.6 is 0 Å². The lowest BCUT2D eigenvalue weighted by molar-refractivity contribution is 0.0127. The summed E-state index contributed by atoms with van der Waals surface area (Å²) in [7, 11) is 0. The standard InChI is InChI=1S/C11H22N2O3/c1-8(14)9-7-13(6-5-12-9)10(15)16-11(2,3)4/h8-9,12,14H,5-7H2,1-4H3/t8-,9-/m0/s1. The van der Waals surface area contributed by atoms with Crippen LogP contribution in [0.3, 0.4) is 0 Å². The Bertz CT molecular complexity index is 248. The number of ether oxygens (including phenoxy) is 1. The van der Waals surface area contributed by atoms with E-state index in [2.05, 4.69) is 5.32 Å². The molecule has 0 unspecified atom stereocenters. The average Bonchev–Trinajstić information content (AvgIpc) is 2.15. The molecule has 1 heterocycles. The summed E-state index contributed by atoms with van der Waals surface area (Å²) >= 11 is 0. The Hall–Kier alpha value is -0.810. The molecule has 0 saturated carbocycles. The normalized spacial score (nSPS) is 24.1. The number of nitrogens with one attached hydrogen (secondary N) is 1. The molecule has 0 radical (unpaired) electrons. The molecule has 1 rings (SSSR count). The SMILES string of the molecule is C[C@H](O)[C@@H]1CN(C(=O)OC(C)(C)C)CCN1. The lowest BCUT2D eigenvalue weighted by Gasteiger charge is -2.35. The Kier molecular flexibility index (Phi) is 4.15. The first-order chi connectivity index (χ1) is 7.29. The maximum Gasteiger partial charge on any atom is 0.410 e. The fourth-order valence-corrected chi connectivity index (χ4v) is 1.59. The smallest absolute Gasteiger partial charge is 0.410 e. The van der Waals surface area contributed by atoms with Gasteiger partial charge in [-0.2, -0.15) is 0 Å². The zero-order chi connectivity index (χ0) is 12.3. The summed E-state index contributed by atoms with van der Waals surface area (Å²) in [5.74, 6) is 0. The van der Waals surface area contributed by atoms with Crippen LogP contribution in [0.15, 0.2) is 0 Å². The molecule has 16 heavy (non-hydrogen) atoms. The zero-order valence-corrected chi connectivity index (χ0v) is 10.5. The van der Waals surface area contributed by atoms with E-state index in [4.69, 9.17) is 4.74 Å². The molecule has 94 valence electrons. The van der Waals surface area contributed by atoms with Crippen LogP contribution in [0.1, 0.15) is 27.7 Å². The average molecular weight is 230 g/mol. The van der Waals surface area contributed by atoms with E-state index in [1.807, 2.05) is 20.8 Å². The highest BCUT2D eigenvalue weighted by molar-refractivity contribution is 5.68. The summed E-state index contributed by atoms with van der Waals surface area (Å²) in [6.45, 7) is 9.06. The van der Waals surface area contributed by atoms with Gasteiger partial charge in [0.25, 0.3) is 0 Å². The van der Waals surface area contributed by atoms with Gasteiger partial charge in [-0.05, 0) is 27.7 Å². The van der Waals surface area contributed by atoms with Crippen LogP contribution in [0.25, 0.3) is 0 Å². The van der Waals surface area contributed by atoms with E-state index in [9.17, 15) is 9.90 Å². The van der Waals surface area contributed by atoms with Gasteiger partial charge in [-0.1, -0.05) is 0 Å². The Labute approximate surface area is 96.8 Å². The first kappa shape index (κ1) is 13.3. The third kappa shape index (κ3) is 3.98. The van der Waals surface area contributed by atoms with E-state index in [0.29, 0.717) is 19.6 Å². The quantitative estimate of drug-likeness (QED) is 0.691. The number of amides is 1. The molecule has 0 aliphatic carbocycles. The Morgan fingerprint density at radius 1 is 1.56 bits per heavy atom. The molecule has 1 fully saturated rings. The van der Waals surface area contributed by atoms with E-state index in [-0.39, 0.29) is 12.1 Å². The minimum absolute atomic E-state index is 0.0683. The van der Waals surface area contributed by atoms with Crippen LogP contribution in [-0.4, -0.2) is 53.5 Å². The highest BCUT2D eigenvalue weighted by atomic mass is 16.6. The highest BCUT2D eigenvalue weighted by Crippen LogP contribution is 2.12. The maximum absolute atomic E-state index is 11.8. The van der Waals surface area contributed by atoms with Gasteiger partial charge < -0.3 is 20.1 Å². The predicted octanol–water partition coefficient (Wildman–Crippen LogP) is 0.576. The van der Waals surface area contributed by atoms with E-state index >= 15 is 0 Å². The number of hydrogen-bond acceptors (Lipinski definition) is 4. The van der Waals surface area contributed by atoms with Gasteiger partial charge in [0, 0.05) is 19.6 Å². The summed E-state index contributed by atoms with van der Waals surface area (Å²) in [5, 5.41) is 12.6. The van der Waals surface area contributed by atoms with Crippen molar-refractivity contribution in [1.82, 2.24) is 10.2 Å². The van der Waals surface area contributed by atoms with E-state index < -0.39 is 11.7 Å². The molecule has 0 spiro atoms. The molecule has 2 atom stereocenters. The van der Waals surface area contributed by atoms with Crippen LogP contribution in [0.5, 0.6) is 0 Å². The summed E-state index contributed by atoms with van der Waals surface area (Å²) in [6.07, 6.45) is -0.773. The van der Waals surface area contributed by atoms with Crippen molar-refractivity contribution in [2.45, 2.75) is 45.4 Å². The molecule has 1 amide bonds.